The third-order valence-electron chi connectivity index (χ3n) is 6.36. The minimum Gasteiger partial charge on any atom is -0.494 e. The molecule has 4 rings (SSSR count). The molecule has 2 heterocycles. The van der Waals surface area contributed by atoms with E-state index < -0.39 is 15.9 Å². The summed E-state index contributed by atoms with van der Waals surface area (Å²) >= 11 is 0. The number of benzene rings is 1. The summed E-state index contributed by atoms with van der Waals surface area (Å²) in [6, 6.07) is 8.73. The SMILES string of the molecule is COc1cccc(OC)c1-n1c(CS(=O)(=O)CC[C@H](O)C2CCCCC2)nnc1-c1ccco1. The predicted octanol–water partition coefficient (Wildman–Crippen LogP) is 3.79. The van der Waals surface area contributed by atoms with E-state index in [1.165, 1.54) is 26.9 Å². The number of hydrogen-bond donors (Lipinski definition) is 1. The van der Waals surface area contributed by atoms with Crippen molar-refractivity contribution in [3.05, 3.63) is 42.4 Å². The average Bonchev–Trinajstić information content (AvgIpc) is 3.52. The van der Waals surface area contributed by atoms with Crippen molar-refractivity contribution in [1.29, 1.82) is 0 Å². The highest BCUT2D eigenvalue weighted by molar-refractivity contribution is 7.90. The Hall–Kier alpha value is -2.85. The molecule has 0 saturated heterocycles. The number of para-hydroxylation sites is 1. The summed E-state index contributed by atoms with van der Waals surface area (Å²) in [6.07, 6.45) is 6.39. The fraction of sp³-hybridized carbons (Fsp3) is 0.500. The Labute approximate surface area is 199 Å². The summed E-state index contributed by atoms with van der Waals surface area (Å²) in [5, 5.41) is 19.0. The normalized spacial score (nSPS) is 15.9. The number of methoxy groups -OCH3 is 2. The molecule has 1 fully saturated rings. The summed E-state index contributed by atoms with van der Waals surface area (Å²) in [4.78, 5) is 0. The van der Waals surface area contributed by atoms with Crippen molar-refractivity contribution >= 4 is 9.84 Å². The predicted molar refractivity (Wildman–Crippen MR) is 127 cm³/mol. The third kappa shape index (κ3) is 5.28. The van der Waals surface area contributed by atoms with Crippen molar-refractivity contribution in [3.63, 3.8) is 0 Å². The monoisotopic (exact) mass is 489 g/mol. The topological polar surface area (TPSA) is 117 Å². The van der Waals surface area contributed by atoms with Crippen LogP contribution in [0.2, 0.25) is 0 Å². The standard InChI is InChI=1S/C24H31N3O6S/c1-31-19-10-6-11-20(32-2)23(19)27-22(25-26-24(27)21-12-7-14-33-21)16-34(29,30)15-13-18(28)17-8-4-3-5-9-17/h6-7,10-12,14,17-18,28H,3-5,8-9,13,15-16H2,1-2H3/t18-/m0/s1. The lowest BCUT2D eigenvalue weighted by Gasteiger charge is -2.26. The lowest BCUT2D eigenvalue weighted by molar-refractivity contribution is 0.0821. The van der Waals surface area contributed by atoms with Crippen molar-refractivity contribution in [2.45, 2.75) is 50.4 Å². The molecule has 0 spiro atoms. The molecular formula is C24H31N3O6S. The van der Waals surface area contributed by atoms with E-state index in [2.05, 4.69) is 10.2 Å². The number of aromatic nitrogens is 3. The zero-order valence-electron chi connectivity index (χ0n) is 19.5. The summed E-state index contributed by atoms with van der Waals surface area (Å²) in [5.74, 6) is 1.61. The van der Waals surface area contributed by atoms with Gasteiger partial charge in [-0.1, -0.05) is 25.3 Å². The van der Waals surface area contributed by atoms with Crippen LogP contribution in [0.5, 0.6) is 11.5 Å². The fourth-order valence-electron chi connectivity index (χ4n) is 4.59. The Bertz CT molecular complexity index is 1160. The van der Waals surface area contributed by atoms with Gasteiger partial charge in [-0.2, -0.15) is 0 Å². The third-order valence-corrected chi connectivity index (χ3v) is 7.92. The van der Waals surface area contributed by atoms with Crippen molar-refractivity contribution in [2.75, 3.05) is 20.0 Å². The van der Waals surface area contributed by atoms with E-state index in [1.807, 2.05) is 0 Å². The number of hydrogen-bond acceptors (Lipinski definition) is 8. The first-order valence-electron chi connectivity index (χ1n) is 11.5. The van der Waals surface area contributed by atoms with Crippen LogP contribution in [-0.2, 0) is 15.6 Å². The van der Waals surface area contributed by atoms with Gasteiger partial charge in [-0.05, 0) is 49.4 Å². The van der Waals surface area contributed by atoms with Crippen LogP contribution in [0.15, 0.2) is 41.0 Å². The summed E-state index contributed by atoms with van der Waals surface area (Å²) in [7, 11) is -0.537. The Kier molecular flexibility index (Phi) is 7.57. The molecule has 1 aliphatic rings. The molecule has 0 aliphatic heterocycles. The highest BCUT2D eigenvalue weighted by atomic mass is 32.2. The van der Waals surface area contributed by atoms with Gasteiger partial charge in [0.05, 0.1) is 32.3 Å². The first-order valence-corrected chi connectivity index (χ1v) is 13.3. The van der Waals surface area contributed by atoms with Crippen LogP contribution in [0.25, 0.3) is 17.3 Å². The number of ether oxygens (including phenoxy) is 2. The maximum absolute atomic E-state index is 13.1. The molecule has 1 aromatic carbocycles. The van der Waals surface area contributed by atoms with Gasteiger partial charge in [0.25, 0.3) is 0 Å². The largest absolute Gasteiger partial charge is 0.494 e. The molecule has 34 heavy (non-hydrogen) atoms. The molecule has 1 saturated carbocycles. The average molecular weight is 490 g/mol. The lowest BCUT2D eigenvalue weighted by Crippen LogP contribution is -2.26. The molecule has 1 N–H and O–H groups in total. The number of aliphatic hydroxyl groups excluding tert-OH is 1. The Morgan fingerprint density at radius 3 is 2.41 bits per heavy atom. The first kappa shape index (κ1) is 24.3. The van der Waals surface area contributed by atoms with Crippen LogP contribution in [0.4, 0.5) is 0 Å². The minimum atomic E-state index is -3.59. The van der Waals surface area contributed by atoms with E-state index in [0.717, 1.165) is 25.7 Å². The van der Waals surface area contributed by atoms with Gasteiger partial charge in [0.15, 0.2) is 21.4 Å². The number of furan rings is 1. The second-order valence-electron chi connectivity index (χ2n) is 8.61. The van der Waals surface area contributed by atoms with Crippen LogP contribution in [0.1, 0.15) is 44.3 Å². The number of rotatable bonds is 10. The van der Waals surface area contributed by atoms with Gasteiger partial charge < -0.3 is 19.0 Å². The van der Waals surface area contributed by atoms with Gasteiger partial charge in [0, 0.05) is 0 Å². The number of sulfone groups is 1. The number of aliphatic hydroxyl groups is 1. The molecule has 2 aromatic heterocycles. The second kappa shape index (κ2) is 10.6. The summed E-state index contributed by atoms with van der Waals surface area (Å²) in [5.41, 5.74) is 0.483. The molecule has 3 aromatic rings. The second-order valence-corrected chi connectivity index (χ2v) is 10.8. The smallest absolute Gasteiger partial charge is 0.204 e. The van der Waals surface area contributed by atoms with Crippen LogP contribution >= 0.6 is 0 Å². The van der Waals surface area contributed by atoms with E-state index in [0.29, 0.717) is 28.8 Å². The van der Waals surface area contributed by atoms with Crippen molar-refractivity contribution < 1.29 is 27.4 Å². The fourth-order valence-corrected chi connectivity index (χ4v) is 5.91. The van der Waals surface area contributed by atoms with Gasteiger partial charge in [-0.25, -0.2) is 8.42 Å². The van der Waals surface area contributed by atoms with Gasteiger partial charge in [0.2, 0.25) is 5.82 Å². The van der Waals surface area contributed by atoms with E-state index in [4.69, 9.17) is 13.9 Å². The molecular weight excluding hydrogens is 458 g/mol. The van der Waals surface area contributed by atoms with Crippen LogP contribution in [0, 0.1) is 5.92 Å². The van der Waals surface area contributed by atoms with E-state index >= 15 is 0 Å². The molecule has 0 amide bonds. The molecule has 10 heteroatoms. The molecule has 1 aliphatic carbocycles. The zero-order valence-corrected chi connectivity index (χ0v) is 20.3. The molecule has 1 atom stereocenters. The maximum atomic E-state index is 13.1. The van der Waals surface area contributed by atoms with E-state index in [1.54, 1.807) is 34.9 Å². The molecule has 0 radical (unpaired) electrons. The van der Waals surface area contributed by atoms with Gasteiger partial charge in [-0.3, -0.25) is 4.57 Å². The first-order chi connectivity index (χ1) is 16.4. The van der Waals surface area contributed by atoms with Gasteiger partial charge in [-0.15, -0.1) is 10.2 Å². The molecule has 0 bridgehead atoms. The quantitative estimate of drug-likeness (QED) is 0.457. The molecule has 9 nitrogen and oxygen atoms in total. The van der Waals surface area contributed by atoms with Crippen molar-refractivity contribution in [3.8, 4) is 28.8 Å². The zero-order chi connectivity index (χ0) is 24.1. The Morgan fingerprint density at radius 2 is 1.79 bits per heavy atom. The summed E-state index contributed by atoms with van der Waals surface area (Å²) < 4.78 is 44.4. The van der Waals surface area contributed by atoms with E-state index in [9.17, 15) is 13.5 Å². The number of nitrogens with zero attached hydrogens (tertiary/aromatic N) is 3. The van der Waals surface area contributed by atoms with Crippen molar-refractivity contribution in [2.24, 2.45) is 5.92 Å². The van der Waals surface area contributed by atoms with Crippen LogP contribution in [-0.4, -0.2) is 54.4 Å². The highest BCUT2D eigenvalue weighted by Crippen LogP contribution is 2.37. The lowest BCUT2D eigenvalue weighted by atomic mass is 9.84. The molecule has 184 valence electrons. The van der Waals surface area contributed by atoms with Crippen LogP contribution < -0.4 is 9.47 Å². The maximum Gasteiger partial charge on any atom is 0.204 e. The van der Waals surface area contributed by atoms with Gasteiger partial charge in [0.1, 0.15) is 22.9 Å². The Balaban J connectivity index is 1.65. The molecule has 0 unspecified atom stereocenters. The van der Waals surface area contributed by atoms with Crippen LogP contribution in [0.3, 0.4) is 0 Å². The summed E-state index contributed by atoms with van der Waals surface area (Å²) in [6.45, 7) is 0. The van der Waals surface area contributed by atoms with E-state index in [-0.39, 0.29) is 29.7 Å². The minimum absolute atomic E-state index is 0.128. The Morgan fingerprint density at radius 1 is 1.09 bits per heavy atom. The highest BCUT2D eigenvalue weighted by Gasteiger charge is 2.28. The van der Waals surface area contributed by atoms with Gasteiger partial charge >= 0.3 is 0 Å². The van der Waals surface area contributed by atoms with Crippen molar-refractivity contribution in [1.82, 2.24) is 14.8 Å².